The molecule has 0 unspecified atom stereocenters. The number of fused-ring (bicyclic) bond motifs is 1. The molecule has 5 rings (SSSR count). The summed E-state index contributed by atoms with van der Waals surface area (Å²) in [6, 6.07) is 24.3. The highest BCUT2D eigenvalue weighted by Gasteiger charge is 2.27. The second-order valence-corrected chi connectivity index (χ2v) is 14.1. The number of hydrogen-bond donors (Lipinski definition) is 0. The highest BCUT2D eigenvalue weighted by atomic mass is 19.3. The maximum Gasteiger partial charge on any atom is 0.253 e. The Hall–Kier alpha value is -4.75. The number of ether oxygens (including phenoxy) is 1. The van der Waals surface area contributed by atoms with Gasteiger partial charge in [0.2, 0.25) is 6.43 Å². The van der Waals surface area contributed by atoms with Crippen molar-refractivity contribution in [1.82, 2.24) is 4.90 Å². The van der Waals surface area contributed by atoms with E-state index in [0.717, 1.165) is 95.7 Å². The third kappa shape index (κ3) is 9.37. The molecule has 7 heteroatoms. The van der Waals surface area contributed by atoms with Gasteiger partial charge in [0, 0.05) is 36.0 Å². The standard InChI is InChI=1S/C45H51F2N3O2/c1-3-5-7-14-26-50(27-15-8-6-4-2)45(51)33-20-23-37(24-21-33)52-44-39(32-16-10-9-11-17-32)25-22-35-28-36(30-48)40(31-49)43(42(35)44)38-19-13-12-18-34(38)29-41(46)47/h12-13,18-25,28,32,41H,3-11,14-17,26-27,29H2,1-2H3. The van der Waals surface area contributed by atoms with Crippen LogP contribution in [0.3, 0.4) is 0 Å². The zero-order valence-electron chi connectivity index (χ0n) is 30.7. The lowest BCUT2D eigenvalue weighted by Gasteiger charge is -2.26. The average molecular weight is 704 g/mol. The highest BCUT2D eigenvalue weighted by molar-refractivity contribution is 6.06. The van der Waals surface area contributed by atoms with E-state index >= 15 is 0 Å². The van der Waals surface area contributed by atoms with E-state index in [1.165, 1.54) is 6.42 Å². The fourth-order valence-corrected chi connectivity index (χ4v) is 7.65. The third-order valence-electron chi connectivity index (χ3n) is 10.4. The van der Waals surface area contributed by atoms with Gasteiger partial charge in [-0.1, -0.05) is 108 Å². The van der Waals surface area contributed by atoms with E-state index in [2.05, 4.69) is 32.1 Å². The van der Waals surface area contributed by atoms with Gasteiger partial charge in [-0.05, 0) is 84.0 Å². The number of unbranched alkanes of at least 4 members (excludes halogenated alkanes) is 6. The number of carbonyl (C=O) groups is 1. The van der Waals surface area contributed by atoms with E-state index in [-0.39, 0.29) is 23.0 Å². The molecule has 1 amide bonds. The summed E-state index contributed by atoms with van der Waals surface area (Å²) < 4.78 is 34.6. The summed E-state index contributed by atoms with van der Waals surface area (Å²) in [5, 5.41) is 21.9. The SMILES string of the molecule is CCCCCCN(CCCCCC)C(=O)c1ccc(Oc2c(C3CCCCC3)ccc3cc(C#N)c(C#N)c(-c4ccccc4CC(F)F)c23)cc1. The molecule has 0 spiro atoms. The Morgan fingerprint density at radius 3 is 2.13 bits per heavy atom. The summed E-state index contributed by atoms with van der Waals surface area (Å²) >= 11 is 0. The molecule has 4 aromatic carbocycles. The van der Waals surface area contributed by atoms with Crippen LogP contribution in [0.15, 0.2) is 66.7 Å². The smallest absolute Gasteiger partial charge is 0.253 e. The van der Waals surface area contributed by atoms with Crippen LogP contribution in [0.5, 0.6) is 11.5 Å². The Balaban J connectivity index is 1.60. The highest BCUT2D eigenvalue weighted by Crippen LogP contribution is 2.48. The second-order valence-electron chi connectivity index (χ2n) is 14.1. The maximum atomic E-state index is 13.9. The Kier molecular flexibility index (Phi) is 14.2. The molecule has 0 aromatic heterocycles. The molecule has 52 heavy (non-hydrogen) atoms. The molecule has 1 fully saturated rings. The first-order valence-corrected chi connectivity index (χ1v) is 19.3. The molecule has 0 bridgehead atoms. The van der Waals surface area contributed by atoms with Crippen molar-refractivity contribution in [2.75, 3.05) is 13.1 Å². The van der Waals surface area contributed by atoms with Crippen LogP contribution < -0.4 is 4.74 Å². The molecule has 0 radical (unpaired) electrons. The predicted molar refractivity (Wildman–Crippen MR) is 205 cm³/mol. The topological polar surface area (TPSA) is 77.1 Å². The predicted octanol–water partition coefficient (Wildman–Crippen LogP) is 12.5. The molecule has 1 aliphatic carbocycles. The van der Waals surface area contributed by atoms with Crippen molar-refractivity contribution in [3.8, 4) is 34.8 Å². The monoisotopic (exact) mass is 703 g/mol. The summed E-state index contributed by atoms with van der Waals surface area (Å²) in [5.41, 5.74) is 3.26. The van der Waals surface area contributed by atoms with Gasteiger partial charge in [-0.25, -0.2) is 8.78 Å². The summed E-state index contributed by atoms with van der Waals surface area (Å²) in [4.78, 5) is 15.8. The van der Waals surface area contributed by atoms with Gasteiger partial charge in [0.25, 0.3) is 5.91 Å². The molecule has 0 saturated heterocycles. The number of benzene rings is 4. The molecule has 4 aromatic rings. The first-order valence-electron chi connectivity index (χ1n) is 19.3. The summed E-state index contributed by atoms with van der Waals surface area (Å²) in [6.07, 6.45) is 11.0. The zero-order chi connectivity index (χ0) is 36.9. The Morgan fingerprint density at radius 2 is 1.52 bits per heavy atom. The Morgan fingerprint density at radius 1 is 0.846 bits per heavy atom. The van der Waals surface area contributed by atoms with Crippen molar-refractivity contribution in [3.63, 3.8) is 0 Å². The molecule has 5 nitrogen and oxygen atoms in total. The molecule has 0 heterocycles. The summed E-state index contributed by atoms with van der Waals surface area (Å²) in [6.45, 7) is 5.86. The lowest BCUT2D eigenvalue weighted by Crippen LogP contribution is -2.33. The van der Waals surface area contributed by atoms with Crippen LogP contribution in [-0.4, -0.2) is 30.3 Å². The zero-order valence-corrected chi connectivity index (χ0v) is 30.7. The number of rotatable bonds is 17. The molecular weight excluding hydrogens is 653 g/mol. The normalized spacial score (nSPS) is 13.2. The van der Waals surface area contributed by atoms with E-state index in [1.54, 1.807) is 30.3 Å². The Labute approximate surface area is 308 Å². The molecule has 1 saturated carbocycles. The van der Waals surface area contributed by atoms with E-state index in [4.69, 9.17) is 4.74 Å². The third-order valence-corrected chi connectivity index (χ3v) is 10.4. The minimum atomic E-state index is -2.59. The minimum absolute atomic E-state index is 0.0215. The average Bonchev–Trinajstić information content (AvgIpc) is 3.17. The van der Waals surface area contributed by atoms with Gasteiger partial charge in [-0.3, -0.25) is 4.79 Å². The number of nitriles is 2. The van der Waals surface area contributed by atoms with Gasteiger partial charge >= 0.3 is 0 Å². The maximum absolute atomic E-state index is 13.9. The second kappa shape index (κ2) is 19.2. The van der Waals surface area contributed by atoms with Crippen molar-refractivity contribution in [2.45, 2.75) is 116 Å². The van der Waals surface area contributed by atoms with E-state index < -0.39 is 12.8 Å². The van der Waals surface area contributed by atoms with Crippen molar-refractivity contribution in [2.24, 2.45) is 0 Å². The number of carbonyl (C=O) groups excluding carboxylic acids is 1. The van der Waals surface area contributed by atoms with Crippen LogP contribution in [0.1, 0.15) is 136 Å². The van der Waals surface area contributed by atoms with Crippen LogP contribution in [-0.2, 0) is 6.42 Å². The lowest BCUT2D eigenvalue weighted by molar-refractivity contribution is 0.0749. The van der Waals surface area contributed by atoms with Crippen molar-refractivity contribution in [3.05, 3.63) is 94.5 Å². The van der Waals surface area contributed by atoms with Gasteiger partial charge in [0.05, 0.1) is 11.1 Å². The van der Waals surface area contributed by atoms with Crippen LogP contribution in [0, 0.1) is 22.7 Å². The van der Waals surface area contributed by atoms with Gasteiger partial charge in [0.1, 0.15) is 23.6 Å². The fourth-order valence-electron chi connectivity index (χ4n) is 7.65. The molecule has 272 valence electrons. The van der Waals surface area contributed by atoms with Crippen molar-refractivity contribution < 1.29 is 18.3 Å². The molecule has 1 aliphatic rings. The number of hydrogen-bond acceptors (Lipinski definition) is 4. The molecule has 0 N–H and O–H groups in total. The number of halogens is 2. The van der Waals surface area contributed by atoms with Crippen molar-refractivity contribution in [1.29, 1.82) is 10.5 Å². The van der Waals surface area contributed by atoms with E-state index in [9.17, 15) is 24.1 Å². The van der Waals surface area contributed by atoms with E-state index in [0.29, 0.717) is 44.5 Å². The van der Waals surface area contributed by atoms with E-state index in [1.807, 2.05) is 35.2 Å². The molecular formula is C45H51F2N3O2. The van der Waals surface area contributed by atoms with Gasteiger partial charge < -0.3 is 9.64 Å². The Bertz CT molecular complexity index is 1870. The fraction of sp³-hybridized carbons (Fsp3) is 0.444. The quantitative estimate of drug-likeness (QED) is 0.103. The van der Waals surface area contributed by atoms with Crippen LogP contribution in [0.2, 0.25) is 0 Å². The largest absolute Gasteiger partial charge is 0.456 e. The summed E-state index contributed by atoms with van der Waals surface area (Å²) in [5.74, 6) is 1.34. The first kappa shape index (κ1) is 38.5. The number of alkyl halides is 2. The van der Waals surface area contributed by atoms with Gasteiger partial charge in [-0.2, -0.15) is 10.5 Å². The molecule has 0 atom stereocenters. The number of amides is 1. The minimum Gasteiger partial charge on any atom is -0.456 e. The first-order chi connectivity index (χ1) is 25.4. The van der Waals surface area contributed by atoms with Gasteiger partial charge in [-0.15, -0.1) is 0 Å². The molecule has 0 aliphatic heterocycles. The van der Waals surface area contributed by atoms with Crippen molar-refractivity contribution >= 4 is 16.7 Å². The number of nitrogens with zero attached hydrogens (tertiary/aromatic N) is 3. The summed E-state index contributed by atoms with van der Waals surface area (Å²) in [7, 11) is 0. The van der Waals surface area contributed by atoms with Crippen LogP contribution >= 0.6 is 0 Å². The lowest BCUT2D eigenvalue weighted by atomic mass is 9.80. The van der Waals surface area contributed by atoms with Crippen LogP contribution in [0.4, 0.5) is 8.78 Å². The van der Waals surface area contributed by atoms with Gasteiger partial charge in [0.15, 0.2) is 0 Å². The van der Waals surface area contributed by atoms with Crippen LogP contribution in [0.25, 0.3) is 21.9 Å².